The average molecular weight is 238 g/mol. The molecular weight excluding hydrogens is 220 g/mol. The third-order valence-electron chi connectivity index (χ3n) is 2.46. The van der Waals surface area contributed by atoms with Crippen molar-refractivity contribution in [3.63, 3.8) is 0 Å². The van der Waals surface area contributed by atoms with E-state index in [1.165, 1.54) is 0 Å². The fourth-order valence-electron chi connectivity index (χ4n) is 1.53. The van der Waals surface area contributed by atoms with Crippen molar-refractivity contribution < 1.29 is 19.4 Å². The molecule has 1 rings (SSSR count). The molecule has 1 atom stereocenters. The second-order valence-electron chi connectivity index (χ2n) is 3.91. The van der Waals surface area contributed by atoms with Crippen LogP contribution in [0.5, 0.6) is 5.75 Å². The van der Waals surface area contributed by atoms with Gasteiger partial charge < -0.3 is 14.6 Å². The first-order valence-corrected chi connectivity index (χ1v) is 5.57. The lowest BCUT2D eigenvalue weighted by Crippen LogP contribution is -2.06. The van der Waals surface area contributed by atoms with E-state index < -0.39 is 5.97 Å². The van der Waals surface area contributed by atoms with Crippen LogP contribution in [-0.4, -0.2) is 31.4 Å². The molecule has 1 unspecified atom stereocenters. The first kappa shape index (κ1) is 13.5. The molecule has 0 aliphatic carbocycles. The van der Waals surface area contributed by atoms with Crippen molar-refractivity contribution in [1.29, 1.82) is 0 Å². The van der Waals surface area contributed by atoms with Crippen LogP contribution in [0.1, 0.15) is 24.8 Å². The summed E-state index contributed by atoms with van der Waals surface area (Å²) in [5, 5.41) is 8.74. The van der Waals surface area contributed by atoms with Crippen LogP contribution in [0, 0.1) is 0 Å². The second kappa shape index (κ2) is 6.91. The Morgan fingerprint density at radius 3 is 2.82 bits per heavy atom. The minimum absolute atomic E-state index is 0.0153. The molecule has 0 fully saturated rings. The number of rotatable bonds is 7. The number of carboxylic acid groups (broad SMARTS) is 1. The molecule has 0 heterocycles. The van der Waals surface area contributed by atoms with E-state index in [0.717, 1.165) is 11.3 Å². The molecule has 0 saturated carbocycles. The first-order chi connectivity index (χ1) is 8.13. The van der Waals surface area contributed by atoms with Crippen molar-refractivity contribution in [3.05, 3.63) is 29.8 Å². The van der Waals surface area contributed by atoms with Crippen molar-refractivity contribution in [3.8, 4) is 5.75 Å². The highest BCUT2D eigenvalue weighted by Gasteiger charge is 2.10. The Morgan fingerprint density at radius 2 is 2.18 bits per heavy atom. The van der Waals surface area contributed by atoms with Crippen LogP contribution in [0.4, 0.5) is 0 Å². The normalized spacial score (nSPS) is 12.1. The zero-order valence-corrected chi connectivity index (χ0v) is 10.2. The van der Waals surface area contributed by atoms with Crippen LogP contribution in [0.2, 0.25) is 0 Å². The van der Waals surface area contributed by atoms with E-state index in [1.54, 1.807) is 7.11 Å². The van der Waals surface area contributed by atoms with Gasteiger partial charge in [-0.3, -0.25) is 4.79 Å². The topological polar surface area (TPSA) is 55.8 Å². The summed E-state index contributed by atoms with van der Waals surface area (Å²) in [6, 6.07) is 7.52. The van der Waals surface area contributed by atoms with E-state index in [4.69, 9.17) is 14.6 Å². The average Bonchev–Trinajstić information content (AvgIpc) is 2.29. The summed E-state index contributed by atoms with van der Waals surface area (Å²) in [6.07, 6.45) is 0.127. The van der Waals surface area contributed by atoms with E-state index >= 15 is 0 Å². The highest BCUT2D eigenvalue weighted by Crippen LogP contribution is 2.23. The van der Waals surface area contributed by atoms with Gasteiger partial charge in [0.2, 0.25) is 0 Å². The van der Waals surface area contributed by atoms with Gasteiger partial charge in [-0.2, -0.15) is 0 Å². The van der Waals surface area contributed by atoms with Gasteiger partial charge >= 0.3 is 5.97 Å². The molecule has 94 valence electrons. The largest absolute Gasteiger partial charge is 0.491 e. The molecule has 4 heteroatoms. The van der Waals surface area contributed by atoms with Crippen molar-refractivity contribution in [2.45, 2.75) is 19.3 Å². The summed E-state index contributed by atoms with van der Waals surface area (Å²) < 4.78 is 10.4. The van der Waals surface area contributed by atoms with Gasteiger partial charge in [-0.1, -0.05) is 19.1 Å². The minimum Gasteiger partial charge on any atom is -0.491 e. The van der Waals surface area contributed by atoms with Gasteiger partial charge in [-0.05, 0) is 23.6 Å². The number of hydrogen-bond donors (Lipinski definition) is 1. The van der Waals surface area contributed by atoms with Crippen LogP contribution in [0.3, 0.4) is 0 Å². The maximum atomic E-state index is 10.6. The van der Waals surface area contributed by atoms with Crippen molar-refractivity contribution >= 4 is 5.97 Å². The molecule has 0 spiro atoms. The molecule has 0 radical (unpaired) electrons. The summed E-state index contributed by atoms with van der Waals surface area (Å²) in [5.41, 5.74) is 0.974. The number of aliphatic carboxylic acids is 1. The van der Waals surface area contributed by atoms with Gasteiger partial charge in [-0.25, -0.2) is 0 Å². The lowest BCUT2D eigenvalue weighted by Gasteiger charge is -2.11. The third-order valence-corrected chi connectivity index (χ3v) is 2.46. The van der Waals surface area contributed by atoms with E-state index in [9.17, 15) is 4.79 Å². The van der Waals surface area contributed by atoms with E-state index in [1.807, 2.05) is 31.2 Å². The Kier molecular flexibility index (Phi) is 5.49. The van der Waals surface area contributed by atoms with E-state index in [0.29, 0.717) is 13.2 Å². The van der Waals surface area contributed by atoms with Gasteiger partial charge in [0.25, 0.3) is 0 Å². The Hall–Kier alpha value is -1.55. The minimum atomic E-state index is -0.789. The summed E-state index contributed by atoms with van der Waals surface area (Å²) >= 11 is 0. The predicted octanol–water partition coefficient (Wildman–Crippen LogP) is 2.29. The number of hydrogen-bond acceptors (Lipinski definition) is 3. The first-order valence-electron chi connectivity index (χ1n) is 5.57. The van der Waals surface area contributed by atoms with Crippen molar-refractivity contribution in [2.24, 2.45) is 0 Å². The van der Waals surface area contributed by atoms with Crippen LogP contribution in [0.25, 0.3) is 0 Å². The molecule has 4 nitrogen and oxygen atoms in total. The third kappa shape index (κ3) is 4.87. The molecule has 0 amide bonds. The van der Waals surface area contributed by atoms with Gasteiger partial charge in [0, 0.05) is 7.11 Å². The smallest absolute Gasteiger partial charge is 0.303 e. The van der Waals surface area contributed by atoms with Crippen LogP contribution in [-0.2, 0) is 9.53 Å². The molecule has 1 aromatic carbocycles. The van der Waals surface area contributed by atoms with Gasteiger partial charge in [0.05, 0.1) is 13.0 Å². The van der Waals surface area contributed by atoms with Crippen LogP contribution < -0.4 is 4.74 Å². The zero-order chi connectivity index (χ0) is 12.7. The molecule has 0 aliphatic rings. The number of methoxy groups -OCH3 is 1. The standard InChI is InChI=1S/C13H18O4/c1-10(8-13(14)15)11-4-3-5-12(9-11)17-7-6-16-2/h3-5,9-10H,6-8H2,1-2H3,(H,14,15). The zero-order valence-electron chi connectivity index (χ0n) is 10.2. The molecule has 0 saturated heterocycles. The van der Waals surface area contributed by atoms with Crippen molar-refractivity contribution in [1.82, 2.24) is 0 Å². The fourth-order valence-corrected chi connectivity index (χ4v) is 1.53. The fraction of sp³-hybridized carbons (Fsp3) is 0.462. The maximum Gasteiger partial charge on any atom is 0.303 e. The Balaban J connectivity index is 2.61. The molecule has 17 heavy (non-hydrogen) atoms. The molecular formula is C13H18O4. The Bertz CT molecular complexity index is 362. The summed E-state index contributed by atoms with van der Waals surface area (Å²) in [7, 11) is 1.62. The van der Waals surface area contributed by atoms with Gasteiger partial charge in [0.15, 0.2) is 0 Å². The Morgan fingerprint density at radius 1 is 1.41 bits per heavy atom. The predicted molar refractivity (Wildman–Crippen MR) is 64.5 cm³/mol. The molecule has 0 aliphatic heterocycles. The molecule has 0 aromatic heterocycles. The maximum absolute atomic E-state index is 10.6. The number of carboxylic acids is 1. The van der Waals surface area contributed by atoms with E-state index in [-0.39, 0.29) is 12.3 Å². The molecule has 1 aromatic rings. The van der Waals surface area contributed by atoms with E-state index in [2.05, 4.69) is 0 Å². The lowest BCUT2D eigenvalue weighted by atomic mass is 9.98. The number of carbonyl (C=O) groups is 1. The SMILES string of the molecule is COCCOc1cccc(C(C)CC(=O)O)c1. The van der Waals surface area contributed by atoms with Crippen LogP contribution in [0.15, 0.2) is 24.3 Å². The highest BCUT2D eigenvalue weighted by atomic mass is 16.5. The summed E-state index contributed by atoms with van der Waals surface area (Å²) in [4.78, 5) is 10.6. The van der Waals surface area contributed by atoms with Crippen molar-refractivity contribution in [2.75, 3.05) is 20.3 Å². The highest BCUT2D eigenvalue weighted by molar-refractivity contribution is 5.68. The molecule has 0 bridgehead atoms. The summed E-state index contributed by atoms with van der Waals surface area (Å²) in [5.74, 6) is -0.0570. The lowest BCUT2D eigenvalue weighted by molar-refractivity contribution is -0.137. The number of benzene rings is 1. The Labute approximate surface area is 101 Å². The summed E-state index contributed by atoms with van der Waals surface area (Å²) in [6.45, 7) is 2.92. The molecule has 1 N–H and O–H groups in total. The second-order valence-corrected chi connectivity index (χ2v) is 3.91. The quantitative estimate of drug-likeness (QED) is 0.740. The van der Waals surface area contributed by atoms with Crippen LogP contribution >= 0.6 is 0 Å². The number of ether oxygens (including phenoxy) is 2. The monoisotopic (exact) mass is 238 g/mol. The van der Waals surface area contributed by atoms with Gasteiger partial charge in [0.1, 0.15) is 12.4 Å². The van der Waals surface area contributed by atoms with Gasteiger partial charge in [-0.15, -0.1) is 0 Å².